The van der Waals surface area contributed by atoms with Crippen molar-refractivity contribution in [2.45, 2.75) is 18.9 Å². The number of hydrogen-bond donors (Lipinski definition) is 1. The summed E-state index contributed by atoms with van der Waals surface area (Å²) in [5, 5.41) is 13.3. The van der Waals surface area contributed by atoms with Crippen LogP contribution in [0.1, 0.15) is 22.8 Å². The molecule has 1 aliphatic heterocycles. The van der Waals surface area contributed by atoms with Crippen LogP contribution in [0.2, 0.25) is 0 Å². The van der Waals surface area contributed by atoms with E-state index in [-0.39, 0.29) is 23.4 Å². The number of non-ortho nitro benzene ring substituents is 1. The number of ether oxygens (including phenoxy) is 1. The number of fused-ring (bicyclic) bond motifs is 1. The second kappa shape index (κ2) is 5.97. The van der Waals surface area contributed by atoms with Gasteiger partial charge >= 0.3 is 5.97 Å². The molecule has 128 valence electrons. The molecule has 0 fully saturated rings. The molecule has 1 aliphatic rings. The summed E-state index contributed by atoms with van der Waals surface area (Å²) in [6.45, 7) is 1.41. The largest absolute Gasteiger partial charge is 0.445 e. The number of esters is 1. The molecule has 0 bridgehead atoms. The van der Waals surface area contributed by atoms with Gasteiger partial charge in [-0.1, -0.05) is 6.07 Å². The Morgan fingerprint density at radius 3 is 2.80 bits per heavy atom. The molecule has 0 aromatic heterocycles. The predicted molar refractivity (Wildman–Crippen MR) is 85.7 cm³/mol. The van der Waals surface area contributed by atoms with Gasteiger partial charge in [0.15, 0.2) is 5.60 Å². The second-order valence-corrected chi connectivity index (χ2v) is 5.86. The van der Waals surface area contributed by atoms with Crippen molar-refractivity contribution in [2.75, 3.05) is 5.32 Å². The number of nitrogens with zero attached hydrogens (tertiary/aromatic N) is 1. The van der Waals surface area contributed by atoms with E-state index in [0.29, 0.717) is 5.56 Å². The molecule has 1 unspecified atom stereocenters. The van der Waals surface area contributed by atoms with E-state index >= 15 is 0 Å². The van der Waals surface area contributed by atoms with Crippen molar-refractivity contribution in [1.29, 1.82) is 0 Å². The van der Waals surface area contributed by atoms with E-state index in [1.165, 1.54) is 43.3 Å². The Morgan fingerprint density at radius 2 is 2.08 bits per heavy atom. The third-order valence-corrected chi connectivity index (χ3v) is 3.93. The first-order valence-electron chi connectivity index (χ1n) is 7.36. The maximum Gasteiger partial charge on any atom is 0.339 e. The fourth-order valence-corrected chi connectivity index (χ4v) is 2.65. The smallest absolute Gasteiger partial charge is 0.339 e. The number of carbonyl (C=O) groups excluding carboxylic acids is 2. The number of carbonyl (C=O) groups is 2. The lowest BCUT2D eigenvalue weighted by Gasteiger charge is -2.33. The van der Waals surface area contributed by atoms with Gasteiger partial charge in [0.2, 0.25) is 0 Å². The Labute approximate surface area is 141 Å². The van der Waals surface area contributed by atoms with Crippen molar-refractivity contribution in [3.63, 3.8) is 0 Å². The number of amides is 1. The van der Waals surface area contributed by atoms with Crippen LogP contribution in [0.15, 0.2) is 42.5 Å². The van der Waals surface area contributed by atoms with Crippen LogP contribution >= 0.6 is 0 Å². The quantitative estimate of drug-likeness (QED) is 0.524. The number of hydrogen-bond acceptors (Lipinski definition) is 5. The summed E-state index contributed by atoms with van der Waals surface area (Å²) in [6, 6.07) is 9.03. The normalized spacial score (nSPS) is 18.9. The third-order valence-electron chi connectivity index (χ3n) is 3.93. The topological polar surface area (TPSA) is 98.5 Å². The SMILES string of the molecule is CC1(C(=O)Nc2cccc([N+](=O)[O-])c2)Cc2cc(F)ccc2C(=O)O1. The van der Waals surface area contributed by atoms with Gasteiger partial charge in [0, 0.05) is 24.2 Å². The highest BCUT2D eigenvalue weighted by Crippen LogP contribution is 2.30. The standard InChI is InChI=1S/C17H13FN2O5/c1-17(9-10-7-11(18)5-6-14(10)15(21)25-17)16(22)19-12-3-2-4-13(8-12)20(23)24/h2-8H,9H2,1H3,(H,19,22). The van der Waals surface area contributed by atoms with E-state index in [9.17, 15) is 24.1 Å². The first-order valence-corrected chi connectivity index (χ1v) is 7.36. The average molecular weight is 344 g/mol. The predicted octanol–water partition coefficient (Wildman–Crippen LogP) is 2.84. The zero-order chi connectivity index (χ0) is 18.2. The molecule has 1 atom stereocenters. The fraction of sp³-hybridized carbons (Fsp3) is 0.176. The molecule has 0 aliphatic carbocycles. The van der Waals surface area contributed by atoms with Crippen molar-refractivity contribution in [1.82, 2.24) is 0 Å². The molecule has 2 aromatic carbocycles. The van der Waals surface area contributed by atoms with Crippen LogP contribution in [0.4, 0.5) is 15.8 Å². The van der Waals surface area contributed by atoms with Gasteiger partial charge in [0.1, 0.15) is 5.82 Å². The third kappa shape index (κ3) is 3.18. The first kappa shape index (κ1) is 16.6. The molecule has 3 rings (SSSR count). The zero-order valence-corrected chi connectivity index (χ0v) is 13.1. The minimum absolute atomic E-state index is 0.00735. The number of cyclic esters (lactones) is 1. The van der Waals surface area contributed by atoms with E-state index in [0.717, 1.165) is 6.07 Å². The molecular formula is C17H13FN2O5. The number of nitro benzene ring substituents is 1. The van der Waals surface area contributed by atoms with Crippen molar-refractivity contribution in [3.8, 4) is 0 Å². The van der Waals surface area contributed by atoms with Crippen LogP contribution in [0, 0.1) is 15.9 Å². The number of halogens is 1. The van der Waals surface area contributed by atoms with Crippen LogP contribution in [-0.2, 0) is 16.0 Å². The molecule has 2 aromatic rings. The lowest BCUT2D eigenvalue weighted by atomic mass is 9.89. The maximum atomic E-state index is 13.4. The Kier molecular flexibility index (Phi) is 3.96. The second-order valence-electron chi connectivity index (χ2n) is 5.86. The van der Waals surface area contributed by atoms with Crippen molar-refractivity contribution >= 4 is 23.3 Å². The molecule has 0 radical (unpaired) electrons. The molecular weight excluding hydrogens is 331 g/mol. The molecule has 25 heavy (non-hydrogen) atoms. The fourth-order valence-electron chi connectivity index (χ4n) is 2.65. The Bertz CT molecular complexity index is 898. The Hall–Kier alpha value is -3.29. The molecule has 1 heterocycles. The Balaban J connectivity index is 1.86. The minimum atomic E-state index is -1.55. The van der Waals surface area contributed by atoms with E-state index in [2.05, 4.69) is 5.32 Å². The molecule has 7 nitrogen and oxygen atoms in total. The molecule has 0 saturated carbocycles. The zero-order valence-electron chi connectivity index (χ0n) is 13.1. The van der Waals surface area contributed by atoms with Gasteiger partial charge in [0.25, 0.3) is 11.6 Å². The van der Waals surface area contributed by atoms with Gasteiger partial charge in [-0.15, -0.1) is 0 Å². The van der Waals surface area contributed by atoms with Gasteiger partial charge in [0.05, 0.1) is 10.5 Å². The molecule has 1 N–H and O–H groups in total. The average Bonchev–Trinajstić information content (AvgIpc) is 2.54. The number of benzene rings is 2. The number of anilines is 1. The summed E-state index contributed by atoms with van der Waals surface area (Å²) in [6.07, 6.45) is -0.00735. The number of nitrogens with one attached hydrogen (secondary N) is 1. The monoisotopic (exact) mass is 344 g/mol. The van der Waals surface area contributed by atoms with Gasteiger partial charge in [-0.25, -0.2) is 9.18 Å². The minimum Gasteiger partial charge on any atom is -0.445 e. The van der Waals surface area contributed by atoms with Crippen LogP contribution in [-0.4, -0.2) is 22.4 Å². The van der Waals surface area contributed by atoms with Crippen LogP contribution in [0.3, 0.4) is 0 Å². The maximum absolute atomic E-state index is 13.4. The van der Waals surface area contributed by atoms with E-state index in [1.54, 1.807) is 0 Å². The van der Waals surface area contributed by atoms with Crippen molar-refractivity contribution in [3.05, 3.63) is 69.5 Å². The van der Waals surface area contributed by atoms with Gasteiger partial charge in [-0.05, 0) is 36.8 Å². The van der Waals surface area contributed by atoms with Gasteiger partial charge in [-0.3, -0.25) is 14.9 Å². The van der Waals surface area contributed by atoms with E-state index in [1.807, 2.05) is 0 Å². The highest BCUT2D eigenvalue weighted by molar-refractivity contribution is 6.02. The number of nitro groups is 1. The van der Waals surface area contributed by atoms with Gasteiger partial charge < -0.3 is 10.1 Å². The first-order chi connectivity index (χ1) is 11.8. The highest BCUT2D eigenvalue weighted by atomic mass is 19.1. The lowest BCUT2D eigenvalue weighted by Crippen LogP contribution is -2.49. The highest BCUT2D eigenvalue weighted by Gasteiger charge is 2.43. The van der Waals surface area contributed by atoms with E-state index in [4.69, 9.17) is 4.74 Å². The van der Waals surface area contributed by atoms with Crippen LogP contribution in [0.5, 0.6) is 0 Å². The van der Waals surface area contributed by atoms with Crippen LogP contribution in [0.25, 0.3) is 0 Å². The molecule has 0 spiro atoms. The summed E-state index contributed by atoms with van der Waals surface area (Å²) < 4.78 is 18.7. The molecule has 0 saturated heterocycles. The molecule has 1 amide bonds. The van der Waals surface area contributed by atoms with Crippen molar-refractivity contribution < 1.29 is 23.6 Å². The number of rotatable bonds is 3. The van der Waals surface area contributed by atoms with Gasteiger partial charge in [-0.2, -0.15) is 0 Å². The summed E-state index contributed by atoms with van der Waals surface area (Å²) in [4.78, 5) is 34.9. The van der Waals surface area contributed by atoms with E-state index < -0.39 is 28.2 Å². The van der Waals surface area contributed by atoms with Crippen LogP contribution < -0.4 is 5.32 Å². The summed E-state index contributed by atoms with van der Waals surface area (Å²) in [7, 11) is 0. The summed E-state index contributed by atoms with van der Waals surface area (Å²) >= 11 is 0. The molecule has 8 heteroatoms. The Morgan fingerprint density at radius 1 is 1.32 bits per heavy atom. The summed E-state index contributed by atoms with van der Waals surface area (Å²) in [5.74, 6) is -1.90. The summed E-state index contributed by atoms with van der Waals surface area (Å²) in [5.41, 5.74) is -0.963. The lowest BCUT2D eigenvalue weighted by molar-refractivity contribution is -0.384. The van der Waals surface area contributed by atoms with Crippen molar-refractivity contribution in [2.24, 2.45) is 0 Å².